The van der Waals surface area contributed by atoms with Gasteiger partial charge in [-0.1, -0.05) is 48.5 Å². The van der Waals surface area contributed by atoms with Crippen LogP contribution in [0.4, 0.5) is 0 Å². The zero-order valence-corrected chi connectivity index (χ0v) is 25.8. The molecule has 9 heteroatoms. The van der Waals surface area contributed by atoms with E-state index in [0.717, 1.165) is 40.0 Å². The lowest BCUT2D eigenvalue weighted by Crippen LogP contribution is -2.18. The lowest BCUT2D eigenvalue weighted by atomic mass is 10.1. The minimum atomic E-state index is 0.842. The van der Waals surface area contributed by atoms with Gasteiger partial charge in [0.1, 0.15) is 0 Å². The van der Waals surface area contributed by atoms with Crippen LogP contribution >= 0.6 is 15.9 Å². The normalized spacial score (nSPS) is 15.7. The Morgan fingerprint density at radius 3 is 1.67 bits per heavy atom. The summed E-state index contributed by atoms with van der Waals surface area (Å²) >= 11 is 3.45. The second kappa shape index (κ2) is 12.8. The Kier molecular flexibility index (Phi) is 8.27. The number of aromatic nitrogens is 6. The average Bonchev–Trinajstić information content (AvgIpc) is 3.87. The van der Waals surface area contributed by atoms with Crippen LogP contribution < -0.4 is 0 Å². The molecule has 43 heavy (non-hydrogen) atoms. The van der Waals surface area contributed by atoms with E-state index >= 15 is 0 Å². The van der Waals surface area contributed by atoms with Crippen molar-refractivity contribution >= 4 is 27.2 Å². The predicted octanol–water partition coefficient (Wildman–Crippen LogP) is 6.75. The molecule has 6 heterocycles. The molecule has 0 atom stereocenters. The molecule has 0 amide bonds. The maximum absolute atomic E-state index is 4.47. The highest BCUT2D eigenvalue weighted by Gasteiger charge is 2.13. The molecule has 2 aliphatic rings. The van der Waals surface area contributed by atoms with E-state index in [9.17, 15) is 0 Å². The molecule has 2 saturated heterocycles. The quantitative estimate of drug-likeness (QED) is 0.202. The third-order valence-corrected chi connectivity index (χ3v) is 8.90. The zero-order chi connectivity index (χ0) is 29.0. The summed E-state index contributed by atoms with van der Waals surface area (Å²) < 4.78 is 4.53. The second-order valence-corrected chi connectivity index (χ2v) is 12.3. The molecule has 2 fully saturated rings. The van der Waals surface area contributed by atoms with Gasteiger partial charge in [-0.15, -0.1) is 0 Å². The van der Waals surface area contributed by atoms with E-state index < -0.39 is 0 Å². The summed E-state index contributed by atoms with van der Waals surface area (Å²) in [6.07, 6.45) is 16.7. The lowest BCUT2D eigenvalue weighted by Gasteiger charge is -2.14. The molecule has 0 bridgehead atoms. The first-order valence-corrected chi connectivity index (χ1v) is 15.9. The van der Waals surface area contributed by atoms with Crippen LogP contribution in [0.25, 0.3) is 33.5 Å². The van der Waals surface area contributed by atoms with Gasteiger partial charge in [-0.2, -0.15) is 10.2 Å². The van der Waals surface area contributed by atoms with Crippen LogP contribution in [0.5, 0.6) is 0 Å². The number of hydrogen-bond acceptors (Lipinski definition) is 6. The van der Waals surface area contributed by atoms with Gasteiger partial charge in [-0.05, 0) is 90.0 Å². The smallest absolute Gasteiger partial charge is 0.169 e. The van der Waals surface area contributed by atoms with Gasteiger partial charge < -0.3 is 0 Å². The van der Waals surface area contributed by atoms with Crippen molar-refractivity contribution < 1.29 is 0 Å². The van der Waals surface area contributed by atoms with Crippen LogP contribution in [0.15, 0.2) is 96.3 Å². The fourth-order valence-corrected chi connectivity index (χ4v) is 6.33. The van der Waals surface area contributed by atoms with E-state index in [4.69, 9.17) is 0 Å². The fourth-order valence-electron chi connectivity index (χ4n) is 5.96. The van der Waals surface area contributed by atoms with Crippen molar-refractivity contribution in [2.75, 3.05) is 26.2 Å². The Balaban J connectivity index is 0.000000140. The van der Waals surface area contributed by atoms with Crippen LogP contribution in [0, 0.1) is 0 Å². The minimum absolute atomic E-state index is 0.842. The lowest BCUT2D eigenvalue weighted by molar-refractivity contribution is 0.331. The summed E-state index contributed by atoms with van der Waals surface area (Å²) in [4.78, 5) is 13.9. The first-order chi connectivity index (χ1) is 21.2. The van der Waals surface area contributed by atoms with Crippen molar-refractivity contribution in [3.63, 3.8) is 0 Å². The van der Waals surface area contributed by atoms with Crippen LogP contribution in [0.3, 0.4) is 0 Å². The third kappa shape index (κ3) is 6.54. The number of rotatable bonds is 6. The van der Waals surface area contributed by atoms with E-state index in [-0.39, 0.29) is 0 Å². The Bertz CT molecular complexity index is 1800. The van der Waals surface area contributed by atoms with Gasteiger partial charge in [0.15, 0.2) is 11.3 Å². The van der Waals surface area contributed by atoms with Crippen LogP contribution in [0.2, 0.25) is 0 Å². The molecule has 8 nitrogen and oxygen atoms in total. The summed E-state index contributed by atoms with van der Waals surface area (Å²) in [5.74, 6) is 0. The number of nitrogens with zero attached hydrogens (tertiary/aromatic N) is 8. The zero-order valence-electron chi connectivity index (χ0n) is 24.2. The largest absolute Gasteiger partial charge is 0.299 e. The van der Waals surface area contributed by atoms with E-state index in [2.05, 4.69) is 94.4 Å². The average molecular weight is 636 g/mol. The number of likely N-dealkylation sites (tertiary alicyclic amines) is 2. The van der Waals surface area contributed by atoms with E-state index in [0.29, 0.717) is 0 Å². The fraction of sp³-hybridized carbons (Fsp3) is 0.294. The molecule has 2 aliphatic heterocycles. The number of fused-ring (bicyclic) bond motifs is 2. The maximum atomic E-state index is 4.47. The van der Waals surface area contributed by atoms with E-state index in [1.54, 1.807) is 16.9 Å². The molecular weight excluding hydrogens is 600 g/mol. The summed E-state index contributed by atoms with van der Waals surface area (Å²) in [5.41, 5.74) is 9.01. The standard InChI is InChI=1S/C17H17BrN4.C17H18N4/c18-16-10-20-22-12-15(9-19-17(16)22)14-5-3-13(4-6-14)11-21-7-1-2-8-21;1-2-10-20(9-1)12-14-3-5-15(6-4-14)16-11-18-17-7-8-19-21(17)13-16/h3-6,9-10,12H,1-2,7-8,11H2;3-8,11,13H,1-2,9-10,12H2. The van der Waals surface area contributed by atoms with Crippen molar-refractivity contribution in [2.24, 2.45) is 0 Å². The minimum Gasteiger partial charge on any atom is -0.299 e. The van der Waals surface area contributed by atoms with Crippen molar-refractivity contribution in [3.8, 4) is 22.3 Å². The van der Waals surface area contributed by atoms with Gasteiger partial charge >= 0.3 is 0 Å². The molecule has 2 aromatic carbocycles. The molecule has 0 N–H and O–H groups in total. The van der Waals surface area contributed by atoms with Gasteiger partial charge in [0.25, 0.3) is 0 Å². The summed E-state index contributed by atoms with van der Waals surface area (Å²) in [6.45, 7) is 7.07. The number of benzene rings is 2. The number of hydrogen-bond donors (Lipinski definition) is 0. The van der Waals surface area contributed by atoms with Crippen molar-refractivity contribution in [1.82, 2.24) is 39.0 Å². The van der Waals surface area contributed by atoms with Gasteiger partial charge in [-0.25, -0.2) is 19.0 Å². The highest BCUT2D eigenvalue weighted by molar-refractivity contribution is 9.10. The second-order valence-electron chi connectivity index (χ2n) is 11.4. The summed E-state index contributed by atoms with van der Waals surface area (Å²) in [5, 5.41) is 8.53. The predicted molar refractivity (Wildman–Crippen MR) is 174 cm³/mol. The Labute approximate surface area is 260 Å². The van der Waals surface area contributed by atoms with Crippen molar-refractivity contribution in [1.29, 1.82) is 0 Å². The molecule has 4 aromatic heterocycles. The maximum Gasteiger partial charge on any atom is 0.169 e. The summed E-state index contributed by atoms with van der Waals surface area (Å²) in [7, 11) is 0. The first-order valence-electron chi connectivity index (χ1n) is 15.1. The highest BCUT2D eigenvalue weighted by Crippen LogP contribution is 2.23. The SMILES string of the molecule is Brc1cnn2cc(-c3ccc(CN4CCCC4)cc3)cnc12.c1cc2ncc(-c3ccc(CN4CCCC4)cc3)cn2n1. The van der Waals surface area contributed by atoms with Crippen molar-refractivity contribution in [3.05, 3.63) is 107 Å². The molecule has 8 rings (SSSR count). The van der Waals surface area contributed by atoms with Crippen molar-refractivity contribution in [2.45, 2.75) is 38.8 Å². The van der Waals surface area contributed by atoms with Crippen LogP contribution in [-0.4, -0.2) is 65.2 Å². The van der Waals surface area contributed by atoms with Gasteiger partial charge in [0.2, 0.25) is 0 Å². The topological polar surface area (TPSA) is 66.9 Å². The molecule has 218 valence electrons. The summed E-state index contributed by atoms with van der Waals surface area (Å²) in [6, 6.07) is 19.5. The van der Waals surface area contributed by atoms with Crippen LogP contribution in [0.1, 0.15) is 36.8 Å². The van der Waals surface area contributed by atoms with E-state index in [1.165, 1.54) is 74.1 Å². The first kappa shape index (κ1) is 27.9. The molecule has 0 saturated carbocycles. The number of halogens is 1. The molecule has 0 radical (unpaired) electrons. The third-order valence-electron chi connectivity index (χ3n) is 8.34. The molecule has 0 aliphatic carbocycles. The molecule has 0 unspecified atom stereocenters. The van der Waals surface area contributed by atoms with Gasteiger partial charge in [0, 0.05) is 55.1 Å². The van der Waals surface area contributed by atoms with Crippen LogP contribution in [-0.2, 0) is 13.1 Å². The highest BCUT2D eigenvalue weighted by atomic mass is 79.9. The molecule has 6 aromatic rings. The molecule has 0 spiro atoms. The Morgan fingerprint density at radius 1 is 0.558 bits per heavy atom. The van der Waals surface area contributed by atoms with E-state index in [1.807, 2.05) is 35.4 Å². The molecular formula is C34H35BrN8. The van der Waals surface area contributed by atoms with Gasteiger partial charge in [0.05, 0.1) is 16.9 Å². The van der Waals surface area contributed by atoms with Gasteiger partial charge in [-0.3, -0.25) is 9.80 Å². The Morgan fingerprint density at radius 2 is 1.09 bits per heavy atom. The Hall–Kier alpha value is -3.92. The monoisotopic (exact) mass is 634 g/mol.